The molecule has 4 aromatic rings. The molecule has 1 fully saturated rings. The number of hydrogen-bond donors (Lipinski definition) is 3. The fourth-order valence-corrected chi connectivity index (χ4v) is 6.46. The Morgan fingerprint density at radius 1 is 0.872 bits per heavy atom. The maximum absolute atomic E-state index is 12.4. The lowest BCUT2D eigenvalue weighted by molar-refractivity contribution is -0.645. The highest BCUT2D eigenvalue weighted by Gasteiger charge is 2.32. The smallest absolute Gasteiger partial charge is 0.303 e. The molecule has 1 amide bonds. The lowest BCUT2D eigenvalue weighted by Gasteiger charge is -2.36. The summed E-state index contributed by atoms with van der Waals surface area (Å²) in [4.78, 5) is 23.1. The van der Waals surface area contributed by atoms with Crippen LogP contribution in [0.5, 0.6) is 0 Å². The molecule has 10 heteroatoms. The zero-order chi connectivity index (χ0) is 33.0. The third-order valence-electron chi connectivity index (χ3n) is 8.10. The number of thioether (sulfide) groups is 1. The van der Waals surface area contributed by atoms with Gasteiger partial charge in [-0.3, -0.25) is 9.59 Å². The molecule has 3 aromatic carbocycles. The molecular weight excluding hydrogens is 616 g/mol. The first kappa shape index (κ1) is 34.1. The number of unbranched alkanes of at least 4 members (excludes halogenated alkanes) is 2. The summed E-state index contributed by atoms with van der Waals surface area (Å²) in [6, 6.07) is 29.1. The van der Waals surface area contributed by atoms with Crippen LogP contribution >= 0.6 is 11.8 Å². The number of aliphatic carboxylic acids is 1. The maximum atomic E-state index is 12.4. The molecule has 2 heterocycles. The fraction of sp³-hybridized carbons (Fsp3) is 0.324. The quantitative estimate of drug-likeness (QED) is 0.0575. The molecular formula is C37H40N2O7S. The number of aliphatic hydroxyl groups is 1. The van der Waals surface area contributed by atoms with Gasteiger partial charge in [0.05, 0.1) is 18.8 Å². The summed E-state index contributed by atoms with van der Waals surface area (Å²) in [5.74, 6) is -0.284. The van der Waals surface area contributed by atoms with Gasteiger partial charge in [0, 0.05) is 49.3 Å². The van der Waals surface area contributed by atoms with Crippen LogP contribution in [0.15, 0.2) is 102 Å². The van der Waals surface area contributed by atoms with Crippen molar-refractivity contribution in [1.82, 2.24) is 5.32 Å². The number of aromatic nitrogens is 1. The predicted octanol–water partition coefficient (Wildman–Crippen LogP) is 6.47. The Hall–Kier alpha value is -4.22. The number of ether oxygens (including phenoxy) is 2. The van der Waals surface area contributed by atoms with E-state index in [9.17, 15) is 19.9 Å². The van der Waals surface area contributed by atoms with Gasteiger partial charge < -0.3 is 30.2 Å². The molecule has 0 aliphatic carbocycles. The molecule has 47 heavy (non-hydrogen) atoms. The van der Waals surface area contributed by atoms with Crippen molar-refractivity contribution < 1.29 is 34.0 Å². The van der Waals surface area contributed by atoms with Crippen LogP contribution in [-0.4, -0.2) is 33.9 Å². The molecule has 0 bridgehead atoms. The van der Waals surface area contributed by atoms with Crippen molar-refractivity contribution in [3.8, 4) is 11.1 Å². The van der Waals surface area contributed by atoms with Gasteiger partial charge in [-0.05, 0) is 46.7 Å². The average molecular weight is 657 g/mol. The number of nitrogens with zero attached hydrogens (tertiary/aromatic N) is 1. The lowest BCUT2D eigenvalue weighted by Crippen LogP contribution is -2.32. The van der Waals surface area contributed by atoms with Crippen molar-refractivity contribution in [3.63, 3.8) is 0 Å². The van der Waals surface area contributed by atoms with Crippen LogP contribution in [0, 0.1) is 5.21 Å². The number of pyridine rings is 1. The number of hydrogen-bond acceptors (Lipinski definition) is 7. The Morgan fingerprint density at radius 3 is 2.34 bits per heavy atom. The van der Waals surface area contributed by atoms with Crippen molar-refractivity contribution in [1.29, 1.82) is 0 Å². The van der Waals surface area contributed by atoms with Gasteiger partial charge in [-0.1, -0.05) is 91.0 Å². The minimum Gasteiger partial charge on any atom is -0.618 e. The highest BCUT2D eigenvalue weighted by atomic mass is 32.2. The van der Waals surface area contributed by atoms with Crippen molar-refractivity contribution in [2.75, 3.05) is 5.75 Å². The van der Waals surface area contributed by atoms with Gasteiger partial charge in [-0.25, -0.2) is 0 Å². The Bertz CT molecular complexity index is 1610. The normalized spacial score (nSPS) is 17.7. The highest BCUT2D eigenvalue weighted by molar-refractivity contribution is 7.99. The summed E-state index contributed by atoms with van der Waals surface area (Å²) in [5.41, 5.74) is 5.69. The Balaban J connectivity index is 1.26. The fourth-order valence-electron chi connectivity index (χ4n) is 5.52. The van der Waals surface area contributed by atoms with E-state index >= 15 is 0 Å². The van der Waals surface area contributed by atoms with Gasteiger partial charge in [-0.2, -0.15) is 4.73 Å². The maximum Gasteiger partial charge on any atom is 0.303 e. The molecule has 5 rings (SSSR count). The second kappa shape index (κ2) is 17.1. The summed E-state index contributed by atoms with van der Waals surface area (Å²) in [6.07, 6.45) is 3.52. The highest BCUT2D eigenvalue weighted by Crippen LogP contribution is 2.39. The van der Waals surface area contributed by atoms with Gasteiger partial charge >= 0.3 is 5.97 Å². The van der Waals surface area contributed by atoms with Crippen molar-refractivity contribution in [2.45, 2.75) is 75.2 Å². The second-order valence-corrected chi connectivity index (χ2v) is 12.6. The summed E-state index contributed by atoms with van der Waals surface area (Å²) in [6.45, 7) is 0.364. The van der Waals surface area contributed by atoms with E-state index in [0.717, 1.165) is 38.1 Å². The van der Waals surface area contributed by atoms with Gasteiger partial charge in [-0.15, -0.1) is 0 Å². The number of carbonyl (C=O) groups is 2. The Kier molecular flexibility index (Phi) is 12.4. The largest absolute Gasteiger partial charge is 0.618 e. The topological polar surface area (TPSA) is 132 Å². The number of nitrogens with one attached hydrogen (secondary N) is 1. The molecule has 0 radical (unpaired) electrons. The van der Waals surface area contributed by atoms with Crippen molar-refractivity contribution in [3.05, 3.63) is 125 Å². The molecule has 246 valence electrons. The zero-order valence-electron chi connectivity index (χ0n) is 26.1. The molecule has 0 spiro atoms. The van der Waals surface area contributed by atoms with Crippen LogP contribution < -0.4 is 10.0 Å². The number of aliphatic hydroxyl groups excluding tert-OH is 1. The molecule has 3 N–H and O–H groups in total. The standard InChI is InChI=1S/C37H40N2O7S/c40-24-26-13-15-28(16-14-26)33-22-31(25-47-35-11-6-7-21-39(35)44)45-37(46-33)29-19-17-27(18-20-29)32-9-5-4-8-30(32)23-38-34(41)10-2-1-3-12-36(42)43/h4-9,11,13-21,31,33,37,40H,1-3,10,12,22-25H2,(H,38,41)(H,42,43)/t31-,33+,37+/m0/s1. The Morgan fingerprint density at radius 2 is 1.60 bits per heavy atom. The van der Waals surface area contributed by atoms with Crippen LogP contribution in [-0.2, 0) is 32.2 Å². The molecule has 0 saturated carbocycles. The number of carboxylic acid groups (broad SMARTS) is 1. The van der Waals surface area contributed by atoms with E-state index in [0.29, 0.717) is 49.4 Å². The number of amides is 1. The van der Waals surface area contributed by atoms with E-state index in [2.05, 4.69) is 5.32 Å². The number of rotatable bonds is 15. The van der Waals surface area contributed by atoms with Crippen molar-refractivity contribution in [2.24, 2.45) is 0 Å². The number of benzene rings is 3. The van der Waals surface area contributed by atoms with E-state index in [1.807, 2.05) is 78.9 Å². The van der Waals surface area contributed by atoms with Crippen molar-refractivity contribution >= 4 is 23.6 Å². The molecule has 1 aromatic heterocycles. The molecule has 0 unspecified atom stereocenters. The predicted molar refractivity (Wildman–Crippen MR) is 179 cm³/mol. The zero-order valence-corrected chi connectivity index (χ0v) is 26.9. The van der Waals surface area contributed by atoms with Gasteiger partial charge in [0.2, 0.25) is 5.91 Å². The average Bonchev–Trinajstić information content (AvgIpc) is 3.10. The van der Waals surface area contributed by atoms with Crippen LogP contribution in [0.25, 0.3) is 11.1 Å². The molecule has 1 saturated heterocycles. The van der Waals surface area contributed by atoms with Crippen LogP contribution in [0.4, 0.5) is 0 Å². The molecule has 1 aliphatic heterocycles. The van der Waals surface area contributed by atoms with E-state index in [-0.39, 0.29) is 31.1 Å². The van der Waals surface area contributed by atoms with E-state index in [1.54, 1.807) is 12.1 Å². The molecule has 9 nitrogen and oxygen atoms in total. The monoisotopic (exact) mass is 656 g/mol. The van der Waals surface area contributed by atoms with Gasteiger partial charge in [0.25, 0.3) is 5.03 Å². The Labute approximate surface area is 279 Å². The van der Waals surface area contributed by atoms with E-state index < -0.39 is 12.3 Å². The summed E-state index contributed by atoms with van der Waals surface area (Å²) < 4.78 is 13.8. The summed E-state index contributed by atoms with van der Waals surface area (Å²) in [7, 11) is 0. The first-order valence-corrected chi connectivity index (χ1v) is 16.9. The van der Waals surface area contributed by atoms with Gasteiger partial charge in [0.1, 0.15) is 0 Å². The summed E-state index contributed by atoms with van der Waals surface area (Å²) >= 11 is 1.45. The second-order valence-electron chi connectivity index (χ2n) is 11.5. The van der Waals surface area contributed by atoms with Crippen LogP contribution in [0.3, 0.4) is 0 Å². The number of carbonyl (C=O) groups excluding carboxylic acids is 1. The van der Waals surface area contributed by atoms with Crippen LogP contribution in [0.1, 0.15) is 73.2 Å². The van der Waals surface area contributed by atoms with Crippen LogP contribution in [0.2, 0.25) is 0 Å². The third-order valence-corrected chi connectivity index (χ3v) is 9.25. The minimum atomic E-state index is -0.812. The van der Waals surface area contributed by atoms with Gasteiger partial charge in [0.15, 0.2) is 12.5 Å². The molecule has 1 aliphatic rings. The van der Waals surface area contributed by atoms with E-state index in [1.165, 1.54) is 18.0 Å². The first-order chi connectivity index (χ1) is 22.9. The lowest BCUT2D eigenvalue weighted by atomic mass is 9.97. The number of carboxylic acids is 1. The third kappa shape index (κ3) is 9.89. The summed E-state index contributed by atoms with van der Waals surface area (Å²) in [5, 5.41) is 34.1. The van der Waals surface area contributed by atoms with E-state index in [4.69, 9.17) is 14.6 Å². The first-order valence-electron chi connectivity index (χ1n) is 15.9. The SMILES string of the molecule is O=C(O)CCCCCC(=O)NCc1ccccc1-c1ccc([C@@H]2O[C@H](CSc3cccc[n+]3[O-])C[C@H](c3ccc(CO)cc3)O2)cc1. The minimum absolute atomic E-state index is 0.0267. The molecule has 3 atom stereocenters.